The summed E-state index contributed by atoms with van der Waals surface area (Å²) in [4.78, 5) is 12.8. The maximum Gasteiger partial charge on any atom is 0.251 e. The molecule has 1 amide bonds. The molecule has 192 valence electrons. The van der Waals surface area contributed by atoms with Crippen LogP contribution in [0.15, 0.2) is 71.9 Å². The number of carbonyl (C=O) groups is 1. The molecule has 6 nitrogen and oxygen atoms in total. The molecule has 0 unspecified atom stereocenters. The number of unbranched alkanes of at least 4 members (excludes halogenated alkanes) is 1. The van der Waals surface area contributed by atoms with Crippen molar-refractivity contribution in [1.29, 1.82) is 0 Å². The van der Waals surface area contributed by atoms with Crippen LogP contribution in [-0.4, -0.2) is 27.3 Å². The lowest BCUT2D eigenvalue weighted by molar-refractivity contribution is 0.0949. The van der Waals surface area contributed by atoms with Crippen LogP contribution in [0.25, 0.3) is 5.69 Å². The van der Waals surface area contributed by atoms with E-state index in [2.05, 4.69) is 22.4 Å². The summed E-state index contributed by atoms with van der Waals surface area (Å²) in [5.41, 5.74) is 3.30. The summed E-state index contributed by atoms with van der Waals surface area (Å²) in [6, 6.07) is 19.1. The molecule has 3 aromatic carbocycles. The Morgan fingerprint density at radius 1 is 1.08 bits per heavy atom. The van der Waals surface area contributed by atoms with Crippen molar-refractivity contribution in [2.45, 2.75) is 44.1 Å². The molecule has 0 aliphatic rings. The average Bonchev–Trinajstić information content (AvgIpc) is 3.31. The third-order valence-corrected chi connectivity index (χ3v) is 6.92. The largest absolute Gasteiger partial charge is 0.494 e. The number of thioether (sulfide) groups is 1. The lowest BCUT2D eigenvalue weighted by Crippen LogP contribution is -2.24. The Morgan fingerprint density at radius 2 is 1.84 bits per heavy atom. The number of rotatable bonds is 11. The van der Waals surface area contributed by atoms with Crippen LogP contribution in [-0.2, 0) is 12.3 Å². The molecule has 0 atom stereocenters. The molecule has 4 aromatic rings. The van der Waals surface area contributed by atoms with Crippen LogP contribution < -0.4 is 10.1 Å². The van der Waals surface area contributed by atoms with Gasteiger partial charge in [-0.2, -0.15) is 0 Å². The van der Waals surface area contributed by atoms with Crippen molar-refractivity contribution in [2.75, 3.05) is 6.61 Å². The molecule has 0 saturated heterocycles. The molecule has 0 radical (unpaired) electrons. The second-order valence-electron chi connectivity index (χ2n) is 8.49. The Morgan fingerprint density at radius 3 is 2.57 bits per heavy atom. The van der Waals surface area contributed by atoms with Crippen molar-refractivity contribution in [3.05, 3.63) is 100 Å². The first-order chi connectivity index (χ1) is 17.9. The summed E-state index contributed by atoms with van der Waals surface area (Å²) in [7, 11) is 0. The van der Waals surface area contributed by atoms with Crippen molar-refractivity contribution in [3.8, 4) is 11.4 Å². The van der Waals surface area contributed by atoms with E-state index in [9.17, 15) is 9.18 Å². The van der Waals surface area contributed by atoms with Gasteiger partial charge < -0.3 is 10.1 Å². The van der Waals surface area contributed by atoms with E-state index in [0.717, 1.165) is 35.4 Å². The van der Waals surface area contributed by atoms with Crippen molar-refractivity contribution in [1.82, 2.24) is 20.1 Å². The van der Waals surface area contributed by atoms with E-state index in [1.807, 2.05) is 29.7 Å². The smallest absolute Gasteiger partial charge is 0.251 e. The predicted octanol–water partition coefficient (Wildman–Crippen LogP) is 6.77. The minimum absolute atomic E-state index is 0.170. The molecular formula is C28H28ClFN4O2S. The van der Waals surface area contributed by atoms with Crippen LogP contribution in [0.5, 0.6) is 5.75 Å². The second kappa shape index (κ2) is 12.7. The van der Waals surface area contributed by atoms with Gasteiger partial charge in [0.05, 0.1) is 18.8 Å². The van der Waals surface area contributed by atoms with E-state index < -0.39 is 0 Å². The quantitative estimate of drug-likeness (QED) is 0.168. The highest BCUT2D eigenvalue weighted by Crippen LogP contribution is 2.28. The standard InChI is InChI=1S/C28H28ClFN4O2S/c1-3-4-15-36-24-13-8-21(9-14-24)27(35)31-17-26-32-33-28(37-18-20-6-11-23(30)12-7-20)34(26)25-16-22(29)10-5-19(25)2/h5-14,16H,3-4,15,17-18H2,1-2H3,(H,31,35). The summed E-state index contributed by atoms with van der Waals surface area (Å²) in [5, 5.41) is 12.9. The molecule has 0 aliphatic carbocycles. The van der Waals surface area contributed by atoms with Crippen molar-refractivity contribution in [2.24, 2.45) is 0 Å². The van der Waals surface area contributed by atoms with E-state index in [-0.39, 0.29) is 18.3 Å². The van der Waals surface area contributed by atoms with Gasteiger partial charge in [0.2, 0.25) is 0 Å². The number of aryl methyl sites for hydroxylation is 1. The summed E-state index contributed by atoms with van der Waals surface area (Å²) in [6.07, 6.45) is 2.05. The lowest BCUT2D eigenvalue weighted by Gasteiger charge is -2.14. The van der Waals surface area contributed by atoms with Gasteiger partial charge >= 0.3 is 0 Å². The number of halogens is 2. The topological polar surface area (TPSA) is 69.0 Å². The molecule has 1 aromatic heterocycles. The highest BCUT2D eigenvalue weighted by atomic mass is 35.5. The summed E-state index contributed by atoms with van der Waals surface area (Å²) < 4.78 is 20.9. The Kier molecular flexibility index (Phi) is 9.19. The SMILES string of the molecule is CCCCOc1ccc(C(=O)NCc2nnc(SCc3ccc(F)cc3)n2-c2cc(Cl)ccc2C)cc1. The van der Waals surface area contributed by atoms with E-state index in [1.165, 1.54) is 23.9 Å². The zero-order valence-electron chi connectivity index (χ0n) is 20.7. The number of nitrogens with one attached hydrogen (secondary N) is 1. The number of aromatic nitrogens is 3. The molecule has 0 fully saturated rings. The Bertz CT molecular complexity index is 1340. The number of nitrogens with zero attached hydrogens (tertiary/aromatic N) is 3. The number of benzene rings is 3. The van der Waals surface area contributed by atoms with E-state index in [0.29, 0.717) is 33.9 Å². The Balaban J connectivity index is 1.51. The molecule has 0 spiro atoms. The van der Waals surface area contributed by atoms with Gasteiger partial charge in [0.15, 0.2) is 11.0 Å². The molecule has 4 rings (SSSR count). The van der Waals surface area contributed by atoms with Crippen LogP contribution in [0.2, 0.25) is 5.02 Å². The van der Waals surface area contributed by atoms with Gasteiger partial charge in [-0.25, -0.2) is 4.39 Å². The highest BCUT2D eigenvalue weighted by molar-refractivity contribution is 7.98. The molecule has 1 N–H and O–H groups in total. The number of hydrogen-bond acceptors (Lipinski definition) is 5. The number of hydrogen-bond donors (Lipinski definition) is 1. The fourth-order valence-electron chi connectivity index (χ4n) is 3.60. The van der Waals surface area contributed by atoms with Crippen molar-refractivity contribution < 1.29 is 13.9 Å². The molecule has 0 saturated carbocycles. The summed E-state index contributed by atoms with van der Waals surface area (Å²) in [5.74, 6) is 1.39. The summed E-state index contributed by atoms with van der Waals surface area (Å²) in [6.45, 7) is 4.91. The average molecular weight is 539 g/mol. The van der Waals surface area contributed by atoms with Gasteiger partial charge in [-0.3, -0.25) is 9.36 Å². The van der Waals surface area contributed by atoms with Crippen molar-refractivity contribution >= 4 is 29.3 Å². The second-order valence-corrected chi connectivity index (χ2v) is 9.87. The van der Waals surface area contributed by atoms with E-state index in [1.54, 1.807) is 36.4 Å². The van der Waals surface area contributed by atoms with Crippen LogP contribution in [0.4, 0.5) is 4.39 Å². The third-order valence-electron chi connectivity index (χ3n) is 5.68. The van der Waals surface area contributed by atoms with E-state index >= 15 is 0 Å². The molecule has 0 aliphatic heterocycles. The van der Waals surface area contributed by atoms with Gasteiger partial charge in [0.1, 0.15) is 11.6 Å². The van der Waals surface area contributed by atoms with Crippen LogP contribution in [0, 0.1) is 12.7 Å². The Labute approximate surface area is 225 Å². The van der Waals surface area contributed by atoms with Gasteiger partial charge in [0, 0.05) is 16.3 Å². The maximum absolute atomic E-state index is 13.3. The van der Waals surface area contributed by atoms with E-state index in [4.69, 9.17) is 16.3 Å². The first-order valence-electron chi connectivity index (χ1n) is 12.0. The molecule has 37 heavy (non-hydrogen) atoms. The highest BCUT2D eigenvalue weighted by Gasteiger charge is 2.18. The third kappa shape index (κ3) is 7.11. The number of carbonyl (C=O) groups excluding carboxylic acids is 1. The molecule has 0 bridgehead atoms. The monoisotopic (exact) mass is 538 g/mol. The molecule has 1 heterocycles. The molecular weight excluding hydrogens is 511 g/mol. The van der Waals surface area contributed by atoms with Crippen LogP contribution >= 0.6 is 23.4 Å². The van der Waals surface area contributed by atoms with Gasteiger partial charge in [-0.05, 0) is 73.0 Å². The number of ether oxygens (including phenoxy) is 1. The lowest BCUT2D eigenvalue weighted by atomic mass is 10.2. The van der Waals surface area contributed by atoms with Crippen molar-refractivity contribution in [3.63, 3.8) is 0 Å². The first-order valence-corrected chi connectivity index (χ1v) is 13.4. The first kappa shape index (κ1) is 26.7. The zero-order valence-corrected chi connectivity index (χ0v) is 22.3. The summed E-state index contributed by atoms with van der Waals surface area (Å²) >= 11 is 7.78. The fraction of sp³-hybridized carbons (Fsp3) is 0.250. The number of amides is 1. The fourth-order valence-corrected chi connectivity index (χ4v) is 4.69. The van der Waals surface area contributed by atoms with Gasteiger partial charge in [-0.15, -0.1) is 10.2 Å². The van der Waals surface area contributed by atoms with Gasteiger partial charge in [0.25, 0.3) is 5.91 Å². The zero-order chi connectivity index (χ0) is 26.2. The maximum atomic E-state index is 13.3. The minimum Gasteiger partial charge on any atom is -0.494 e. The normalized spacial score (nSPS) is 10.9. The van der Waals surface area contributed by atoms with Crippen LogP contribution in [0.1, 0.15) is 47.1 Å². The Hall–Kier alpha value is -3.36. The van der Waals surface area contributed by atoms with Crippen LogP contribution in [0.3, 0.4) is 0 Å². The molecule has 9 heteroatoms. The predicted molar refractivity (Wildman–Crippen MR) is 145 cm³/mol. The minimum atomic E-state index is -0.275. The van der Waals surface area contributed by atoms with Gasteiger partial charge in [-0.1, -0.05) is 54.9 Å².